The number of carbonyl (C=O) groups is 3. The molecule has 0 aliphatic carbocycles. The predicted molar refractivity (Wildman–Crippen MR) is 93.8 cm³/mol. The third kappa shape index (κ3) is 5.31. The zero-order chi connectivity index (χ0) is 20.3. The van der Waals surface area contributed by atoms with Crippen molar-refractivity contribution < 1.29 is 32.3 Å². The SMILES string of the molecule is O=C1CN(C(=O)CCC(=O)Nc2nc3ccc(OC(F)(F)F)cc3s2)CCN1. The van der Waals surface area contributed by atoms with Gasteiger partial charge in [-0.15, -0.1) is 13.2 Å². The largest absolute Gasteiger partial charge is 0.573 e. The van der Waals surface area contributed by atoms with Gasteiger partial charge in [0, 0.05) is 32.0 Å². The highest BCUT2D eigenvalue weighted by Crippen LogP contribution is 2.31. The van der Waals surface area contributed by atoms with E-state index in [0.717, 1.165) is 17.4 Å². The summed E-state index contributed by atoms with van der Waals surface area (Å²) in [5.41, 5.74) is 0.408. The number of fused-ring (bicyclic) bond motifs is 1. The first-order valence-corrected chi connectivity index (χ1v) is 9.02. The molecule has 0 bridgehead atoms. The number of piperazine rings is 1. The van der Waals surface area contributed by atoms with E-state index in [0.29, 0.717) is 23.3 Å². The van der Waals surface area contributed by atoms with Crippen LogP contribution in [0.15, 0.2) is 18.2 Å². The fraction of sp³-hybridized carbons (Fsp3) is 0.375. The van der Waals surface area contributed by atoms with Gasteiger partial charge in [-0.05, 0) is 12.1 Å². The summed E-state index contributed by atoms with van der Waals surface area (Å²) in [6.45, 7) is 0.746. The second-order valence-corrected chi connectivity index (χ2v) is 6.94. The minimum Gasteiger partial charge on any atom is -0.406 e. The number of amides is 3. The molecule has 2 aromatic rings. The fourth-order valence-electron chi connectivity index (χ4n) is 2.57. The fourth-order valence-corrected chi connectivity index (χ4v) is 3.48. The van der Waals surface area contributed by atoms with E-state index in [1.54, 1.807) is 0 Å². The van der Waals surface area contributed by atoms with Crippen molar-refractivity contribution in [2.24, 2.45) is 0 Å². The maximum absolute atomic E-state index is 12.3. The number of carbonyl (C=O) groups excluding carboxylic acids is 3. The summed E-state index contributed by atoms with van der Waals surface area (Å²) in [5, 5.41) is 5.33. The van der Waals surface area contributed by atoms with Crippen molar-refractivity contribution in [2.75, 3.05) is 25.0 Å². The van der Waals surface area contributed by atoms with Crippen LogP contribution in [-0.2, 0) is 14.4 Å². The first-order chi connectivity index (χ1) is 13.2. The van der Waals surface area contributed by atoms with Crippen molar-refractivity contribution in [3.63, 3.8) is 0 Å². The van der Waals surface area contributed by atoms with Gasteiger partial charge in [-0.25, -0.2) is 4.98 Å². The minimum atomic E-state index is -4.79. The standard InChI is InChI=1S/C16H15F3N4O4S/c17-16(18,19)27-9-1-2-10-11(7-9)28-15(21-10)22-12(24)3-4-14(26)23-6-5-20-13(25)8-23/h1-2,7H,3-6,8H2,(H,20,25)(H,21,22,24). The van der Waals surface area contributed by atoms with Crippen molar-refractivity contribution in [3.05, 3.63) is 18.2 Å². The summed E-state index contributed by atoms with van der Waals surface area (Å²) >= 11 is 0.990. The molecule has 0 spiro atoms. The highest BCUT2D eigenvalue weighted by molar-refractivity contribution is 7.22. The number of nitrogens with zero attached hydrogens (tertiary/aromatic N) is 2. The molecule has 1 aromatic carbocycles. The molecule has 0 unspecified atom stereocenters. The molecule has 8 nitrogen and oxygen atoms in total. The molecule has 1 aliphatic rings. The van der Waals surface area contributed by atoms with E-state index in [9.17, 15) is 27.6 Å². The van der Waals surface area contributed by atoms with Crippen LogP contribution < -0.4 is 15.4 Å². The van der Waals surface area contributed by atoms with Gasteiger partial charge >= 0.3 is 6.36 Å². The number of ether oxygens (including phenoxy) is 1. The molecule has 1 aliphatic heterocycles. The molecule has 150 valence electrons. The Bertz CT molecular complexity index is 915. The number of anilines is 1. The van der Waals surface area contributed by atoms with E-state index in [1.165, 1.54) is 17.0 Å². The van der Waals surface area contributed by atoms with E-state index in [2.05, 4.69) is 20.4 Å². The van der Waals surface area contributed by atoms with Crippen molar-refractivity contribution in [1.29, 1.82) is 0 Å². The van der Waals surface area contributed by atoms with Crippen molar-refractivity contribution in [3.8, 4) is 5.75 Å². The number of hydrogen-bond donors (Lipinski definition) is 2. The number of hydrogen-bond acceptors (Lipinski definition) is 6. The van der Waals surface area contributed by atoms with E-state index in [4.69, 9.17) is 0 Å². The topological polar surface area (TPSA) is 101 Å². The van der Waals surface area contributed by atoms with Gasteiger partial charge in [0.15, 0.2) is 5.13 Å². The summed E-state index contributed by atoms with van der Waals surface area (Å²) < 4.78 is 41.1. The molecular formula is C16H15F3N4O4S. The molecule has 1 fully saturated rings. The van der Waals surface area contributed by atoms with Gasteiger partial charge < -0.3 is 20.3 Å². The van der Waals surface area contributed by atoms with Crippen LogP contribution >= 0.6 is 11.3 Å². The summed E-state index contributed by atoms with van der Waals surface area (Å²) in [4.78, 5) is 40.8. The molecular weight excluding hydrogens is 401 g/mol. The number of halogens is 3. The lowest BCUT2D eigenvalue weighted by Crippen LogP contribution is -2.50. The van der Waals surface area contributed by atoms with Crippen molar-refractivity contribution in [2.45, 2.75) is 19.2 Å². The second-order valence-electron chi connectivity index (χ2n) is 5.91. The average Bonchev–Trinajstić information content (AvgIpc) is 2.99. The molecule has 12 heteroatoms. The Kier molecular flexibility index (Phi) is 5.68. The first kappa shape index (κ1) is 19.9. The van der Waals surface area contributed by atoms with Gasteiger partial charge in [0.2, 0.25) is 17.7 Å². The van der Waals surface area contributed by atoms with Crippen LogP contribution in [0.1, 0.15) is 12.8 Å². The summed E-state index contributed by atoms with van der Waals surface area (Å²) in [6.07, 6.45) is -4.96. The normalized spacial score (nSPS) is 14.7. The number of alkyl halides is 3. The lowest BCUT2D eigenvalue weighted by Gasteiger charge is -2.26. The van der Waals surface area contributed by atoms with E-state index in [1.807, 2.05) is 0 Å². The van der Waals surface area contributed by atoms with Crippen LogP contribution in [0, 0.1) is 0 Å². The lowest BCUT2D eigenvalue weighted by atomic mass is 10.2. The molecule has 1 aromatic heterocycles. The van der Waals surface area contributed by atoms with Gasteiger partial charge in [-0.3, -0.25) is 14.4 Å². The van der Waals surface area contributed by atoms with E-state index >= 15 is 0 Å². The summed E-state index contributed by atoms with van der Waals surface area (Å²) in [5.74, 6) is -1.38. The summed E-state index contributed by atoms with van der Waals surface area (Å²) in [7, 11) is 0. The van der Waals surface area contributed by atoms with Gasteiger partial charge in [0.05, 0.1) is 16.8 Å². The maximum atomic E-state index is 12.3. The quantitative estimate of drug-likeness (QED) is 0.775. The minimum absolute atomic E-state index is 0.0271. The van der Waals surface area contributed by atoms with Gasteiger partial charge in [-0.1, -0.05) is 11.3 Å². The smallest absolute Gasteiger partial charge is 0.406 e. The lowest BCUT2D eigenvalue weighted by molar-refractivity contribution is -0.274. The molecule has 0 atom stereocenters. The maximum Gasteiger partial charge on any atom is 0.573 e. The predicted octanol–water partition coefficient (Wildman–Crippen LogP) is 1.87. The third-order valence-electron chi connectivity index (χ3n) is 3.80. The van der Waals surface area contributed by atoms with Gasteiger partial charge in [0.1, 0.15) is 5.75 Å². The Morgan fingerprint density at radius 3 is 2.82 bits per heavy atom. The Morgan fingerprint density at radius 1 is 1.32 bits per heavy atom. The Hall–Kier alpha value is -2.89. The third-order valence-corrected chi connectivity index (χ3v) is 4.73. The monoisotopic (exact) mass is 416 g/mol. The van der Waals surface area contributed by atoms with Crippen LogP contribution in [0.25, 0.3) is 10.2 Å². The zero-order valence-electron chi connectivity index (χ0n) is 14.3. The number of benzene rings is 1. The van der Waals surface area contributed by atoms with Crippen LogP contribution in [0.3, 0.4) is 0 Å². The molecule has 0 saturated carbocycles. The van der Waals surface area contributed by atoms with Crippen LogP contribution in [0.5, 0.6) is 5.75 Å². The highest BCUT2D eigenvalue weighted by atomic mass is 32.1. The highest BCUT2D eigenvalue weighted by Gasteiger charge is 2.31. The van der Waals surface area contributed by atoms with E-state index < -0.39 is 12.3 Å². The van der Waals surface area contributed by atoms with Crippen LogP contribution in [0.2, 0.25) is 0 Å². The average molecular weight is 416 g/mol. The molecule has 0 radical (unpaired) electrons. The van der Waals surface area contributed by atoms with Crippen LogP contribution in [-0.4, -0.2) is 53.6 Å². The molecule has 28 heavy (non-hydrogen) atoms. The number of rotatable bonds is 5. The zero-order valence-corrected chi connectivity index (χ0v) is 15.2. The van der Waals surface area contributed by atoms with Gasteiger partial charge in [0.25, 0.3) is 0 Å². The molecule has 1 saturated heterocycles. The van der Waals surface area contributed by atoms with E-state index in [-0.39, 0.29) is 42.1 Å². The summed E-state index contributed by atoms with van der Waals surface area (Å²) in [6, 6.07) is 3.67. The Morgan fingerprint density at radius 2 is 2.11 bits per heavy atom. The second kappa shape index (κ2) is 8.00. The first-order valence-electron chi connectivity index (χ1n) is 8.20. The van der Waals surface area contributed by atoms with Gasteiger partial charge in [-0.2, -0.15) is 0 Å². The van der Waals surface area contributed by atoms with Crippen molar-refractivity contribution in [1.82, 2.24) is 15.2 Å². The number of thiazole rings is 1. The molecule has 3 amide bonds. The Balaban J connectivity index is 1.55. The molecule has 2 heterocycles. The molecule has 3 rings (SSSR count). The Labute approximate surface area is 160 Å². The number of nitrogens with one attached hydrogen (secondary N) is 2. The van der Waals surface area contributed by atoms with Crippen LogP contribution in [0.4, 0.5) is 18.3 Å². The number of aromatic nitrogens is 1. The van der Waals surface area contributed by atoms with Crippen molar-refractivity contribution >= 4 is 44.4 Å². The molecule has 2 N–H and O–H groups in total.